The van der Waals surface area contributed by atoms with Gasteiger partial charge in [0.15, 0.2) is 0 Å². The molecule has 0 radical (unpaired) electrons. The second-order valence-electron chi connectivity index (χ2n) is 7.43. The number of nitrogens with zero attached hydrogens (tertiary/aromatic N) is 3. The quantitative estimate of drug-likeness (QED) is 0.137. The molecular formula is C28H23N3. The Morgan fingerprint density at radius 1 is 0.613 bits per heavy atom. The number of hydrogen-bond donors (Lipinski definition) is 0. The Bertz CT molecular complexity index is 1220. The second kappa shape index (κ2) is 9.62. The molecule has 0 heterocycles. The zero-order valence-corrected chi connectivity index (χ0v) is 17.4. The average molecular weight is 402 g/mol. The molecule has 0 spiro atoms. The van der Waals surface area contributed by atoms with Crippen LogP contribution in [0.15, 0.2) is 114 Å². The standard InChI is InChI=1S/C28H23N3/c1-21-12-16-25(17-13-21)27(23-8-4-2-5-9-23)28(24-10-6-3-7-11-24)26-18-14-22(15-19-26)20-30-31-29/h2-19H,20H2,1H3. The number of benzene rings is 4. The van der Waals surface area contributed by atoms with Gasteiger partial charge in [0.25, 0.3) is 0 Å². The first kappa shape index (κ1) is 20.2. The van der Waals surface area contributed by atoms with Gasteiger partial charge in [0, 0.05) is 4.91 Å². The fraction of sp³-hybridized carbons (Fsp3) is 0.0714. The van der Waals surface area contributed by atoms with E-state index < -0.39 is 0 Å². The lowest BCUT2D eigenvalue weighted by Gasteiger charge is -2.18. The number of hydrogen-bond acceptors (Lipinski definition) is 1. The Hall–Kier alpha value is -4.07. The van der Waals surface area contributed by atoms with Gasteiger partial charge in [0.1, 0.15) is 0 Å². The van der Waals surface area contributed by atoms with Crippen molar-refractivity contribution in [1.29, 1.82) is 0 Å². The van der Waals surface area contributed by atoms with E-state index in [0.29, 0.717) is 6.54 Å². The maximum absolute atomic E-state index is 8.61. The van der Waals surface area contributed by atoms with Crippen molar-refractivity contribution in [1.82, 2.24) is 0 Å². The Morgan fingerprint density at radius 2 is 1.03 bits per heavy atom. The van der Waals surface area contributed by atoms with Crippen molar-refractivity contribution < 1.29 is 0 Å². The molecule has 0 aliphatic heterocycles. The predicted molar refractivity (Wildman–Crippen MR) is 128 cm³/mol. The van der Waals surface area contributed by atoms with Crippen molar-refractivity contribution >= 4 is 11.1 Å². The van der Waals surface area contributed by atoms with Crippen LogP contribution in [-0.4, -0.2) is 0 Å². The van der Waals surface area contributed by atoms with E-state index in [-0.39, 0.29) is 0 Å². The third kappa shape index (κ3) is 4.75. The summed E-state index contributed by atoms with van der Waals surface area (Å²) in [5.74, 6) is 0. The van der Waals surface area contributed by atoms with Gasteiger partial charge in [-0.3, -0.25) is 0 Å². The summed E-state index contributed by atoms with van der Waals surface area (Å²) in [4.78, 5) is 2.87. The summed E-state index contributed by atoms with van der Waals surface area (Å²) in [6.07, 6.45) is 0. The Kier molecular flexibility index (Phi) is 6.27. The van der Waals surface area contributed by atoms with Crippen molar-refractivity contribution in [3.05, 3.63) is 153 Å². The largest absolute Gasteiger partial charge is 0.0893 e. The molecule has 0 unspecified atom stereocenters. The molecule has 4 rings (SSSR count). The first-order valence-electron chi connectivity index (χ1n) is 10.3. The van der Waals surface area contributed by atoms with Crippen LogP contribution in [0.25, 0.3) is 21.6 Å². The summed E-state index contributed by atoms with van der Waals surface area (Å²) in [6.45, 7) is 2.46. The average Bonchev–Trinajstić information content (AvgIpc) is 2.83. The van der Waals surface area contributed by atoms with Crippen molar-refractivity contribution in [2.45, 2.75) is 13.5 Å². The molecule has 4 aromatic carbocycles. The summed E-state index contributed by atoms with van der Waals surface area (Å²) in [7, 11) is 0. The van der Waals surface area contributed by atoms with Crippen LogP contribution in [0.4, 0.5) is 0 Å². The van der Waals surface area contributed by atoms with Crippen LogP contribution in [0.5, 0.6) is 0 Å². The Balaban J connectivity index is 1.99. The zero-order valence-electron chi connectivity index (χ0n) is 17.4. The third-order valence-corrected chi connectivity index (χ3v) is 5.27. The lowest BCUT2D eigenvalue weighted by atomic mass is 9.85. The van der Waals surface area contributed by atoms with Crippen LogP contribution < -0.4 is 0 Å². The molecule has 0 aromatic heterocycles. The summed E-state index contributed by atoms with van der Waals surface area (Å²) in [5, 5.41) is 3.68. The summed E-state index contributed by atoms with van der Waals surface area (Å²) in [6, 6.07) is 38.0. The number of azide groups is 1. The summed E-state index contributed by atoms with van der Waals surface area (Å²) < 4.78 is 0. The molecular weight excluding hydrogens is 378 g/mol. The van der Waals surface area contributed by atoms with Gasteiger partial charge < -0.3 is 0 Å². The van der Waals surface area contributed by atoms with Crippen LogP contribution >= 0.6 is 0 Å². The van der Waals surface area contributed by atoms with Gasteiger partial charge in [-0.05, 0) is 51.4 Å². The monoisotopic (exact) mass is 401 g/mol. The normalized spacial score (nSPS) is 11.4. The molecule has 3 heteroatoms. The lowest BCUT2D eigenvalue weighted by Crippen LogP contribution is -1.98. The van der Waals surface area contributed by atoms with E-state index in [1.807, 2.05) is 24.3 Å². The second-order valence-corrected chi connectivity index (χ2v) is 7.43. The van der Waals surface area contributed by atoms with Crippen LogP contribution in [0.1, 0.15) is 33.4 Å². The summed E-state index contributed by atoms with van der Waals surface area (Å²) >= 11 is 0. The molecule has 0 N–H and O–H groups in total. The molecule has 0 fully saturated rings. The Labute approximate surface area is 183 Å². The van der Waals surface area contributed by atoms with E-state index in [9.17, 15) is 0 Å². The highest BCUT2D eigenvalue weighted by Crippen LogP contribution is 2.37. The highest BCUT2D eigenvalue weighted by molar-refractivity contribution is 6.04. The molecule has 4 aromatic rings. The van der Waals surface area contributed by atoms with Gasteiger partial charge in [-0.25, -0.2) is 0 Å². The van der Waals surface area contributed by atoms with Gasteiger partial charge in [-0.15, -0.1) is 0 Å². The lowest BCUT2D eigenvalue weighted by molar-refractivity contribution is 1.05. The molecule has 0 bridgehead atoms. The van der Waals surface area contributed by atoms with Crippen LogP contribution in [-0.2, 0) is 6.54 Å². The minimum atomic E-state index is 0.352. The minimum Gasteiger partial charge on any atom is -0.0893 e. The van der Waals surface area contributed by atoms with E-state index in [1.54, 1.807) is 0 Å². The van der Waals surface area contributed by atoms with Crippen molar-refractivity contribution in [2.24, 2.45) is 5.11 Å². The van der Waals surface area contributed by atoms with E-state index in [2.05, 4.69) is 102 Å². The summed E-state index contributed by atoms with van der Waals surface area (Å²) in [5.41, 5.74) is 17.8. The van der Waals surface area contributed by atoms with Gasteiger partial charge in [-0.1, -0.05) is 120 Å². The fourth-order valence-electron chi connectivity index (χ4n) is 3.73. The minimum absolute atomic E-state index is 0.352. The smallest absolute Gasteiger partial charge is 0.0510 e. The van der Waals surface area contributed by atoms with Crippen LogP contribution in [0.2, 0.25) is 0 Å². The van der Waals surface area contributed by atoms with Gasteiger partial charge in [0.2, 0.25) is 0 Å². The first-order valence-corrected chi connectivity index (χ1v) is 10.3. The fourth-order valence-corrected chi connectivity index (χ4v) is 3.73. The maximum Gasteiger partial charge on any atom is 0.0510 e. The number of rotatable bonds is 6. The maximum atomic E-state index is 8.61. The van der Waals surface area contributed by atoms with Crippen LogP contribution in [0, 0.1) is 6.92 Å². The highest BCUT2D eigenvalue weighted by Gasteiger charge is 2.16. The first-order chi connectivity index (χ1) is 15.3. The van der Waals surface area contributed by atoms with E-state index in [0.717, 1.165) is 16.7 Å². The van der Waals surface area contributed by atoms with Crippen molar-refractivity contribution in [3.8, 4) is 0 Å². The molecule has 0 aliphatic carbocycles. The molecule has 0 amide bonds. The topological polar surface area (TPSA) is 48.8 Å². The van der Waals surface area contributed by atoms with Gasteiger partial charge in [0.05, 0.1) is 6.54 Å². The van der Waals surface area contributed by atoms with Gasteiger partial charge in [-0.2, -0.15) is 0 Å². The molecule has 0 saturated heterocycles. The van der Waals surface area contributed by atoms with Gasteiger partial charge >= 0.3 is 0 Å². The number of aryl methyl sites for hydroxylation is 1. The molecule has 0 aliphatic rings. The molecule has 150 valence electrons. The molecule has 31 heavy (non-hydrogen) atoms. The predicted octanol–water partition coefficient (Wildman–Crippen LogP) is 7.81. The Morgan fingerprint density at radius 3 is 1.48 bits per heavy atom. The highest BCUT2D eigenvalue weighted by atomic mass is 15.1. The zero-order chi connectivity index (χ0) is 21.5. The molecule has 0 saturated carbocycles. The third-order valence-electron chi connectivity index (χ3n) is 5.27. The van der Waals surface area contributed by atoms with E-state index in [1.165, 1.54) is 27.8 Å². The van der Waals surface area contributed by atoms with E-state index >= 15 is 0 Å². The van der Waals surface area contributed by atoms with Crippen molar-refractivity contribution in [2.75, 3.05) is 0 Å². The SMILES string of the molecule is Cc1ccc(C(=C(c2ccccc2)c2ccc(CN=[N+]=[N-])cc2)c2ccccc2)cc1. The molecule has 3 nitrogen and oxygen atoms in total. The van der Waals surface area contributed by atoms with E-state index in [4.69, 9.17) is 5.53 Å². The van der Waals surface area contributed by atoms with Crippen LogP contribution in [0.3, 0.4) is 0 Å². The van der Waals surface area contributed by atoms with Crippen molar-refractivity contribution in [3.63, 3.8) is 0 Å². The molecule has 0 atom stereocenters.